The minimum absolute atomic E-state index is 0.130. The number of ether oxygens (including phenoxy) is 4. The number of carbonyl (C=O) groups is 3. The van der Waals surface area contributed by atoms with Gasteiger partial charge in [-0.25, -0.2) is 9.59 Å². The highest BCUT2D eigenvalue weighted by atomic mass is 16.7. The number of H-pyrrole nitrogens is 1. The molecule has 1 aromatic heterocycles. The van der Waals surface area contributed by atoms with E-state index in [-0.39, 0.29) is 19.0 Å². The Morgan fingerprint density at radius 1 is 1.17 bits per heavy atom. The number of hydrogen-bond acceptors (Lipinski definition) is 7. The molecule has 2 heterocycles. The third kappa shape index (κ3) is 4.34. The lowest BCUT2D eigenvalue weighted by molar-refractivity contribution is -0.124. The molecule has 1 aromatic carbocycles. The summed E-state index contributed by atoms with van der Waals surface area (Å²) in [5.41, 5.74) is 2.28. The van der Waals surface area contributed by atoms with Crippen molar-refractivity contribution in [2.45, 2.75) is 26.8 Å². The van der Waals surface area contributed by atoms with Crippen molar-refractivity contribution in [1.82, 2.24) is 10.3 Å². The van der Waals surface area contributed by atoms with Crippen molar-refractivity contribution >= 4 is 17.8 Å². The van der Waals surface area contributed by atoms with Crippen LogP contribution in [0.2, 0.25) is 0 Å². The number of rotatable bonds is 7. The zero-order valence-electron chi connectivity index (χ0n) is 16.4. The molecule has 0 saturated heterocycles. The van der Waals surface area contributed by atoms with E-state index in [1.807, 2.05) is 13.0 Å². The van der Waals surface area contributed by atoms with Crippen molar-refractivity contribution in [2.24, 2.45) is 0 Å². The number of aromatic amines is 1. The molecule has 0 spiro atoms. The average Bonchev–Trinajstić information content (AvgIpc) is 3.33. The highest BCUT2D eigenvalue weighted by molar-refractivity contribution is 5.99. The number of methoxy groups -OCH3 is 1. The van der Waals surface area contributed by atoms with Crippen LogP contribution >= 0.6 is 0 Å². The Labute approximate surface area is 167 Å². The van der Waals surface area contributed by atoms with E-state index in [0.29, 0.717) is 34.7 Å². The van der Waals surface area contributed by atoms with E-state index in [1.54, 1.807) is 19.1 Å². The van der Waals surface area contributed by atoms with E-state index in [2.05, 4.69) is 10.3 Å². The van der Waals surface area contributed by atoms with Gasteiger partial charge in [0.05, 0.1) is 12.7 Å². The van der Waals surface area contributed by atoms with E-state index in [4.69, 9.17) is 18.9 Å². The van der Waals surface area contributed by atoms with Gasteiger partial charge >= 0.3 is 11.9 Å². The molecule has 154 valence electrons. The molecule has 0 unspecified atom stereocenters. The molecule has 2 aromatic rings. The van der Waals surface area contributed by atoms with Gasteiger partial charge in [-0.15, -0.1) is 0 Å². The smallest absolute Gasteiger partial charge is 0.355 e. The second-order valence-electron chi connectivity index (χ2n) is 6.36. The molecule has 1 amide bonds. The first-order chi connectivity index (χ1) is 13.9. The van der Waals surface area contributed by atoms with Gasteiger partial charge in [-0.2, -0.15) is 0 Å². The Morgan fingerprint density at radius 2 is 1.93 bits per heavy atom. The number of fused-ring (bicyclic) bond motifs is 1. The van der Waals surface area contributed by atoms with Crippen LogP contribution in [0.4, 0.5) is 0 Å². The first kappa shape index (κ1) is 20.2. The predicted molar refractivity (Wildman–Crippen MR) is 101 cm³/mol. The molecule has 3 rings (SSSR count). The summed E-state index contributed by atoms with van der Waals surface area (Å²) < 4.78 is 20.4. The Bertz CT molecular complexity index is 949. The molecule has 0 fully saturated rings. The van der Waals surface area contributed by atoms with Crippen molar-refractivity contribution in [3.63, 3.8) is 0 Å². The summed E-state index contributed by atoms with van der Waals surface area (Å²) in [5, 5.41) is 2.67. The van der Waals surface area contributed by atoms with E-state index < -0.39 is 24.5 Å². The monoisotopic (exact) mass is 402 g/mol. The molecule has 1 aliphatic rings. The molecule has 0 saturated carbocycles. The Balaban J connectivity index is 1.55. The number of aromatic nitrogens is 1. The lowest BCUT2D eigenvalue weighted by atomic mass is 10.1. The van der Waals surface area contributed by atoms with Crippen LogP contribution in [-0.4, -0.2) is 43.3 Å². The number of hydrogen-bond donors (Lipinski definition) is 2. The molecule has 0 atom stereocenters. The minimum atomic E-state index is -0.717. The summed E-state index contributed by atoms with van der Waals surface area (Å²) in [6.45, 7) is 3.45. The Kier molecular flexibility index (Phi) is 6.06. The van der Waals surface area contributed by atoms with E-state index in [1.165, 1.54) is 7.11 Å². The van der Waals surface area contributed by atoms with E-state index in [9.17, 15) is 14.4 Å². The van der Waals surface area contributed by atoms with Gasteiger partial charge in [-0.05, 0) is 36.6 Å². The number of benzene rings is 1. The second kappa shape index (κ2) is 8.68. The molecular formula is C20H22N2O7. The fourth-order valence-electron chi connectivity index (χ4n) is 3.01. The van der Waals surface area contributed by atoms with E-state index in [0.717, 1.165) is 5.56 Å². The molecule has 29 heavy (non-hydrogen) atoms. The Hall–Kier alpha value is -3.49. The fourth-order valence-corrected chi connectivity index (χ4v) is 3.01. The maximum atomic E-state index is 12.3. The quantitative estimate of drug-likeness (QED) is 0.679. The zero-order chi connectivity index (χ0) is 21.0. The lowest BCUT2D eigenvalue weighted by Gasteiger charge is -2.07. The third-order valence-corrected chi connectivity index (χ3v) is 4.54. The van der Waals surface area contributed by atoms with Crippen LogP contribution in [0, 0.1) is 6.92 Å². The number of amides is 1. The molecule has 1 aliphatic heterocycles. The first-order valence-corrected chi connectivity index (χ1v) is 9.06. The summed E-state index contributed by atoms with van der Waals surface area (Å²) in [4.78, 5) is 39.2. The third-order valence-electron chi connectivity index (χ3n) is 4.54. The van der Waals surface area contributed by atoms with Gasteiger partial charge < -0.3 is 29.2 Å². The Morgan fingerprint density at radius 3 is 2.66 bits per heavy atom. The van der Waals surface area contributed by atoms with Gasteiger partial charge in [0.25, 0.3) is 5.91 Å². The van der Waals surface area contributed by atoms with Crippen LogP contribution in [-0.2, 0) is 27.2 Å². The largest absolute Gasteiger partial charge is 0.465 e. The standard InChI is InChI=1S/C20H22N2O7/c1-4-13-17(19(24)26-3)11(2)18(22-13)20(25)27-9-16(23)21-8-12-5-6-14-15(7-12)29-10-28-14/h5-7,22H,4,8-10H2,1-3H3,(H,21,23). The summed E-state index contributed by atoms with van der Waals surface area (Å²) in [7, 11) is 1.27. The minimum Gasteiger partial charge on any atom is -0.465 e. The van der Waals surface area contributed by atoms with Crippen molar-refractivity contribution in [3.8, 4) is 11.5 Å². The van der Waals surface area contributed by atoms with Crippen molar-refractivity contribution < 1.29 is 33.3 Å². The molecule has 0 bridgehead atoms. The second-order valence-corrected chi connectivity index (χ2v) is 6.36. The SMILES string of the molecule is CCc1[nH]c(C(=O)OCC(=O)NCc2ccc3c(c2)OCO3)c(C)c1C(=O)OC. The normalized spacial score (nSPS) is 11.8. The summed E-state index contributed by atoms with van der Waals surface area (Å²) >= 11 is 0. The fraction of sp³-hybridized carbons (Fsp3) is 0.350. The molecule has 9 heteroatoms. The van der Waals surface area contributed by atoms with E-state index >= 15 is 0 Å². The molecule has 0 aliphatic carbocycles. The maximum absolute atomic E-state index is 12.3. The highest BCUT2D eigenvalue weighted by Crippen LogP contribution is 2.32. The van der Waals surface area contributed by atoms with Crippen molar-refractivity contribution in [1.29, 1.82) is 0 Å². The molecule has 0 radical (unpaired) electrons. The number of carbonyl (C=O) groups excluding carboxylic acids is 3. The first-order valence-electron chi connectivity index (χ1n) is 9.06. The zero-order valence-corrected chi connectivity index (χ0v) is 16.4. The number of aryl methyl sites for hydroxylation is 1. The maximum Gasteiger partial charge on any atom is 0.355 e. The molecule has 9 nitrogen and oxygen atoms in total. The van der Waals surface area contributed by atoms with Gasteiger partial charge in [0, 0.05) is 12.2 Å². The van der Waals surface area contributed by atoms with Crippen LogP contribution in [0.15, 0.2) is 18.2 Å². The van der Waals surface area contributed by atoms with Gasteiger partial charge in [0.15, 0.2) is 18.1 Å². The topological polar surface area (TPSA) is 116 Å². The molecule has 2 N–H and O–H groups in total. The van der Waals surface area contributed by atoms with Crippen LogP contribution < -0.4 is 14.8 Å². The number of esters is 2. The van der Waals surface area contributed by atoms with Gasteiger partial charge in [0.1, 0.15) is 5.69 Å². The van der Waals surface area contributed by atoms with Crippen LogP contribution in [0.1, 0.15) is 44.6 Å². The molecular weight excluding hydrogens is 380 g/mol. The summed E-state index contributed by atoms with van der Waals surface area (Å²) in [6, 6.07) is 5.35. The van der Waals surface area contributed by atoms with Gasteiger partial charge in [-0.3, -0.25) is 4.79 Å². The highest BCUT2D eigenvalue weighted by Gasteiger charge is 2.25. The lowest BCUT2D eigenvalue weighted by Crippen LogP contribution is -2.28. The van der Waals surface area contributed by atoms with Gasteiger partial charge in [-0.1, -0.05) is 13.0 Å². The van der Waals surface area contributed by atoms with Crippen LogP contribution in [0.5, 0.6) is 11.5 Å². The van der Waals surface area contributed by atoms with Crippen LogP contribution in [0.25, 0.3) is 0 Å². The van der Waals surface area contributed by atoms with Gasteiger partial charge in [0.2, 0.25) is 6.79 Å². The van der Waals surface area contributed by atoms with Crippen molar-refractivity contribution in [3.05, 3.63) is 46.3 Å². The summed E-state index contributed by atoms with van der Waals surface area (Å²) in [5.74, 6) is -0.419. The number of nitrogens with one attached hydrogen (secondary N) is 2. The average molecular weight is 402 g/mol. The van der Waals surface area contributed by atoms with Crippen molar-refractivity contribution in [2.75, 3.05) is 20.5 Å². The van der Waals surface area contributed by atoms with Crippen LogP contribution in [0.3, 0.4) is 0 Å². The predicted octanol–water partition coefficient (Wildman–Crippen LogP) is 1.87. The summed E-state index contributed by atoms with van der Waals surface area (Å²) in [6.07, 6.45) is 0.509.